The van der Waals surface area contributed by atoms with Crippen molar-refractivity contribution in [2.45, 2.75) is 44.2 Å². The zero-order valence-corrected chi connectivity index (χ0v) is 9.39. The van der Waals surface area contributed by atoms with Crippen LogP contribution in [0.5, 0.6) is 0 Å². The highest BCUT2D eigenvalue weighted by atomic mass is 16.3. The van der Waals surface area contributed by atoms with Gasteiger partial charge in [-0.3, -0.25) is 0 Å². The zero-order valence-electron chi connectivity index (χ0n) is 9.39. The molecule has 3 heterocycles. The molecule has 3 rings (SSSR count). The van der Waals surface area contributed by atoms with Gasteiger partial charge in [-0.2, -0.15) is 5.10 Å². The smallest absolute Gasteiger partial charge is 0.155 e. The van der Waals surface area contributed by atoms with Gasteiger partial charge in [0.1, 0.15) is 12.1 Å². The number of rotatable bonds is 1. The first-order valence-electron chi connectivity index (χ1n) is 6.18. The zero-order chi connectivity index (χ0) is 11.0. The number of aliphatic hydroxyl groups excluding tert-OH is 1. The van der Waals surface area contributed by atoms with E-state index >= 15 is 0 Å². The summed E-state index contributed by atoms with van der Waals surface area (Å²) in [5.41, 5.74) is 0. The van der Waals surface area contributed by atoms with Crippen molar-refractivity contribution < 1.29 is 5.11 Å². The van der Waals surface area contributed by atoms with Gasteiger partial charge in [0.15, 0.2) is 5.82 Å². The van der Waals surface area contributed by atoms with E-state index in [-0.39, 0.29) is 0 Å². The van der Waals surface area contributed by atoms with Gasteiger partial charge >= 0.3 is 0 Å². The molecule has 2 atom stereocenters. The maximum Gasteiger partial charge on any atom is 0.155 e. The minimum Gasteiger partial charge on any atom is -0.372 e. The summed E-state index contributed by atoms with van der Waals surface area (Å²) in [7, 11) is 0. The van der Waals surface area contributed by atoms with Crippen molar-refractivity contribution in [3.63, 3.8) is 0 Å². The molecule has 1 aromatic heterocycles. The Morgan fingerprint density at radius 1 is 1.31 bits per heavy atom. The van der Waals surface area contributed by atoms with Gasteiger partial charge in [0.05, 0.1) is 0 Å². The summed E-state index contributed by atoms with van der Waals surface area (Å²) in [6.45, 7) is 2.08. The van der Waals surface area contributed by atoms with Gasteiger partial charge in [0.25, 0.3) is 0 Å². The molecule has 2 N–H and O–H groups in total. The SMILES string of the molecule is OC1CCCc2nc(C3CCCNC3)nn21. The van der Waals surface area contributed by atoms with Crippen LogP contribution >= 0.6 is 0 Å². The van der Waals surface area contributed by atoms with Crippen LogP contribution in [0.3, 0.4) is 0 Å². The average molecular weight is 222 g/mol. The average Bonchev–Trinajstić information content (AvgIpc) is 2.76. The number of aliphatic hydroxyl groups is 1. The molecular weight excluding hydrogens is 204 g/mol. The van der Waals surface area contributed by atoms with E-state index in [9.17, 15) is 5.11 Å². The predicted octanol–water partition coefficient (Wildman–Crippen LogP) is 0.572. The lowest BCUT2D eigenvalue weighted by Gasteiger charge is -2.20. The standard InChI is InChI=1S/C11H18N4O/c16-10-5-1-4-9-13-11(14-15(9)10)8-3-2-6-12-7-8/h8,10,12,16H,1-7H2. The van der Waals surface area contributed by atoms with Crippen LogP contribution in [0.25, 0.3) is 0 Å². The second-order valence-electron chi connectivity index (χ2n) is 4.75. The van der Waals surface area contributed by atoms with Crippen LogP contribution < -0.4 is 5.32 Å². The van der Waals surface area contributed by atoms with Crippen molar-refractivity contribution in [3.05, 3.63) is 11.6 Å². The van der Waals surface area contributed by atoms with Crippen LogP contribution in [-0.2, 0) is 6.42 Å². The van der Waals surface area contributed by atoms with E-state index in [1.54, 1.807) is 4.68 Å². The topological polar surface area (TPSA) is 63.0 Å². The third-order valence-corrected chi connectivity index (χ3v) is 3.53. The lowest BCUT2D eigenvalue weighted by atomic mass is 9.99. The molecule has 16 heavy (non-hydrogen) atoms. The minimum atomic E-state index is -0.457. The lowest BCUT2D eigenvalue weighted by molar-refractivity contribution is 0.0642. The molecule has 1 aromatic rings. The molecule has 2 aliphatic rings. The van der Waals surface area contributed by atoms with Gasteiger partial charge in [-0.25, -0.2) is 9.67 Å². The maximum absolute atomic E-state index is 9.82. The minimum absolute atomic E-state index is 0.430. The van der Waals surface area contributed by atoms with E-state index in [1.165, 1.54) is 6.42 Å². The van der Waals surface area contributed by atoms with Crippen LogP contribution in [0.1, 0.15) is 49.5 Å². The molecule has 1 fully saturated rings. The summed E-state index contributed by atoms with van der Waals surface area (Å²) < 4.78 is 1.72. The van der Waals surface area contributed by atoms with Crippen molar-refractivity contribution in [3.8, 4) is 0 Å². The molecule has 0 bridgehead atoms. The van der Waals surface area contributed by atoms with E-state index in [1.807, 2.05) is 0 Å². The molecule has 2 unspecified atom stereocenters. The van der Waals surface area contributed by atoms with E-state index in [4.69, 9.17) is 0 Å². The van der Waals surface area contributed by atoms with Crippen molar-refractivity contribution in [2.24, 2.45) is 0 Å². The molecule has 0 amide bonds. The Bertz CT molecular complexity index is 370. The van der Waals surface area contributed by atoms with Crippen LogP contribution in [0.4, 0.5) is 0 Å². The molecule has 0 spiro atoms. The Morgan fingerprint density at radius 3 is 3.00 bits per heavy atom. The second-order valence-corrected chi connectivity index (χ2v) is 4.75. The van der Waals surface area contributed by atoms with Gasteiger partial charge in [0, 0.05) is 18.9 Å². The quantitative estimate of drug-likeness (QED) is 0.729. The molecule has 5 nitrogen and oxygen atoms in total. The summed E-state index contributed by atoms with van der Waals surface area (Å²) >= 11 is 0. The Kier molecular flexibility index (Phi) is 2.65. The van der Waals surface area contributed by atoms with Crippen LogP contribution in [-0.4, -0.2) is 33.0 Å². The van der Waals surface area contributed by atoms with Crippen molar-refractivity contribution in [2.75, 3.05) is 13.1 Å². The molecule has 5 heteroatoms. The highest BCUT2D eigenvalue weighted by molar-refractivity contribution is 5.03. The number of nitrogens with zero attached hydrogens (tertiary/aromatic N) is 3. The van der Waals surface area contributed by atoms with Crippen molar-refractivity contribution in [1.82, 2.24) is 20.1 Å². The van der Waals surface area contributed by atoms with Gasteiger partial charge in [-0.1, -0.05) is 0 Å². The molecule has 88 valence electrons. The Morgan fingerprint density at radius 2 is 2.25 bits per heavy atom. The fourth-order valence-corrected chi connectivity index (χ4v) is 2.59. The van der Waals surface area contributed by atoms with E-state index in [0.717, 1.165) is 50.4 Å². The number of piperidine rings is 1. The first-order chi connectivity index (χ1) is 7.84. The Hall–Kier alpha value is -0.940. The number of hydrogen-bond acceptors (Lipinski definition) is 4. The lowest BCUT2D eigenvalue weighted by Crippen LogP contribution is -2.29. The van der Waals surface area contributed by atoms with Crippen molar-refractivity contribution in [1.29, 1.82) is 0 Å². The number of aryl methyl sites for hydroxylation is 1. The molecule has 0 saturated carbocycles. The summed E-state index contributed by atoms with van der Waals surface area (Å²) in [5, 5.41) is 17.7. The van der Waals surface area contributed by atoms with Crippen LogP contribution in [0.15, 0.2) is 0 Å². The summed E-state index contributed by atoms with van der Waals surface area (Å²) in [4.78, 5) is 4.58. The number of aromatic nitrogens is 3. The molecular formula is C11H18N4O. The van der Waals surface area contributed by atoms with E-state index in [0.29, 0.717) is 5.92 Å². The highest BCUT2D eigenvalue weighted by Crippen LogP contribution is 2.25. The molecule has 0 aromatic carbocycles. The summed E-state index contributed by atoms with van der Waals surface area (Å²) in [5.74, 6) is 2.31. The van der Waals surface area contributed by atoms with Crippen LogP contribution in [0.2, 0.25) is 0 Å². The van der Waals surface area contributed by atoms with E-state index in [2.05, 4.69) is 15.4 Å². The first-order valence-corrected chi connectivity index (χ1v) is 6.18. The number of nitrogens with one attached hydrogen (secondary N) is 1. The van der Waals surface area contributed by atoms with Gasteiger partial charge in [0.2, 0.25) is 0 Å². The third kappa shape index (κ3) is 1.74. The fraction of sp³-hybridized carbons (Fsp3) is 0.818. The van der Waals surface area contributed by atoms with Crippen LogP contribution in [0, 0.1) is 0 Å². The Balaban J connectivity index is 1.85. The molecule has 0 radical (unpaired) electrons. The molecule has 1 saturated heterocycles. The first kappa shape index (κ1) is 10.2. The summed E-state index contributed by atoms with van der Waals surface area (Å²) in [6, 6.07) is 0. The van der Waals surface area contributed by atoms with Gasteiger partial charge in [-0.05, 0) is 32.2 Å². The van der Waals surface area contributed by atoms with Gasteiger partial charge in [-0.15, -0.1) is 0 Å². The van der Waals surface area contributed by atoms with Crippen molar-refractivity contribution >= 4 is 0 Å². The third-order valence-electron chi connectivity index (χ3n) is 3.53. The number of hydrogen-bond donors (Lipinski definition) is 2. The molecule has 0 aliphatic carbocycles. The maximum atomic E-state index is 9.82. The largest absolute Gasteiger partial charge is 0.372 e. The predicted molar refractivity (Wildman–Crippen MR) is 59.1 cm³/mol. The monoisotopic (exact) mass is 222 g/mol. The highest BCUT2D eigenvalue weighted by Gasteiger charge is 2.25. The van der Waals surface area contributed by atoms with E-state index < -0.39 is 6.23 Å². The Labute approximate surface area is 94.9 Å². The number of fused-ring (bicyclic) bond motifs is 1. The fourth-order valence-electron chi connectivity index (χ4n) is 2.59. The second kappa shape index (κ2) is 4.14. The normalized spacial score (nSPS) is 30.1. The molecule has 2 aliphatic heterocycles. The summed E-state index contributed by atoms with van der Waals surface area (Å²) in [6.07, 6.45) is 4.66. The van der Waals surface area contributed by atoms with Gasteiger partial charge < -0.3 is 10.4 Å².